The molecule has 39 heavy (non-hydrogen) atoms. The van der Waals surface area contributed by atoms with Crippen molar-refractivity contribution in [2.24, 2.45) is 0 Å². The van der Waals surface area contributed by atoms with Crippen molar-refractivity contribution in [3.8, 4) is 22.8 Å². The fraction of sp³-hybridized carbons (Fsp3) is 0.276. The third-order valence-corrected chi connectivity index (χ3v) is 6.86. The van der Waals surface area contributed by atoms with Gasteiger partial charge in [0.05, 0.1) is 14.2 Å². The molecule has 4 aromatic rings. The summed E-state index contributed by atoms with van der Waals surface area (Å²) in [6, 6.07) is 22.2. The molecule has 5 rings (SSSR count). The van der Waals surface area contributed by atoms with Crippen molar-refractivity contribution < 1.29 is 14.3 Å². The molecular formula is C29H33Cl2N5O3. The van der Waals surface area contributed by atoms with Gasteiger partial charge in [-0.3, -0.25) is 9.69 Å². The Labute approximate surface area is 240 Å². The molecule has 8 nitrogen and oxygen atoms in total. The van der Waals surface area contributed by atoms with Gasteiger partial charge in [-0.05, 0) is 73.0 Å². The number of methoxy groups -OCH3 is 2. The Morgan fingerprint density at radius 1 is 0.872 bits per heavy atom. The molecule has 1 amide bonds. The molecule has 1 aromatic heterocycles. The number of piperidine rings is 1. The molecule has 0 bridgehead atoms. The summed E-state index contributed by atoms with van der Waals surface area (Å²) in [5.74, 6) is 2.37. The molecule has 1 saturated heterocycles. The zero-order valence-corrected chi connectivity index (χ0v) is 23.6. The van der Waals surface area contributed by atoms with E-state index in [2.05, 4.69) is 37.9 Å². The standard InChI is InChI=1S/C29H31N5O3.2ClH/c1-36-24-9-5-21(6-10-24)28-26-12-11-25(37-2)17-27(26)29(33-32-28)31-23-13-15-34(16-14-23)18-20-3-7-22(8-4-20)30-19-35;;/h3-12,17,19,23H,13-16,18H2,1-2H3,(H,30,35)(H,31,33);2*1H. The minimum Gasteiger partial charge on any atom is -0.497 e. The van der Waals surface area contributed by atoms with Crippen LogP contribution in [0.3, 0.4) is 0 Å². The molecule has 1 fully saturated rings. The van der Waals surface area contributed by atoms with Crippen molar-refractivity contribution in [3.05, 3.63) is 72.3 Å². The van der Waals surface area contributed by atoms with Crippen molar-refractivity contribution in [2.45, 2.75) is 25.4 Å². The first-order chi connectivity index (χ1) is 18.2. The van der Waals surface area contributed by atoms with Gasteiger partial charge in [0.1, 0.15) is 17.2 Å². The molecule has 0 aliphatic carbocycles. The molecule has 2 N–H and O–H groups in total. The number of rotatable bonds is 9. The quantitative estimate of drug-likeness (QED) is 0.246. The topological polar surface area (TPSA) is 88.6 Å². The van der Waals surface area contributed by atoms with Gasteiger partial charge < -0.3 is 20.1 Å². The normalized spacial score (nSPS) is 13.6. The van der Waals surface area contributed by atoms with Crippen LogP contribution in [0.15, 0.2) is 66.7 Å². The van der Waals surface area contributed by atoms with Gasteiger partial charge >= 0.3 is 0 Å². The van der Waals surface area contributed by atoms with E-state index in [-0.39, 0.29) is 24.8 Å². The smallest absolute Gasteiger partial charge is 0.211 e. The van der Waals surface area contributed by atoms with Gasteiger partial charge in [-0.1, -0.05) is 12.1 Å². The van der Waals surface area contributed by atoms with E-state index in [9.17, 15) is 4.79 Å². The first-order valence-electron chi connectivity index (χ1n) is 12.4. The van der Waals surface area contributed by atoms with Crippen molar-refractivity contribution in [1.29, 1.82) is 0 Å². The van der Waals surface area contributed by atoms with Gasteiger partial charge in [0, 0.05) is 47.7 Å². The number of carbonyl (C=O) groups is 1. The molecular weight excluding hydrogens is 537 g/mol. The van der Waals surface area contributed by atoms with E-state index in [1.54, 1.807) is 14.2 Å². The highest BCUT2D eigenvalue weighted by Crippen LogP contribution is 2.34. The summed E-state index contributed by atoms with van der Waals surface area (Å²) in [6.07, 6.45) is 2.72. The van der Waals surface area contributed by atoms with Crippen molar-refractivity contribution in [2.75, 3.05) is 37.9 Å². The van der Waals surface area contributed by atoms with Crippen LogP contribution in [0.2, 0.25) is 0 Å². The van der Waals surface area contributed by atoms with Crippen LogP contribution >= 0.6 is 24.8 Å². The summed E-state index contributed by atoms with van der Waals surface area (Å²) < 4.78 is 10.8. The molecule has 0 radical (unpaired) electrons. The maximum atomic E-state index is 10.6. The minimum atomic E-state index is 0. The Balaban J connectivity index is 0.00000210. The van der Waals surface area contributed by atoms with Crippen LogP contribution in [0.4, 0.5) is 11.5 Å². The Morgan fingerprint density at radius 3 is 2.18 bits per heavy atom. The van der Waals surface area contributed by atoms with Crippen LogP contribution in [0, 0.1) is 0 Å². The third kappa shape index (κ3) is 7.09. The van der Waals surface area contributed by atoms with Crippen LogP contribution in [-0.4, -0.2) is 54.9 Å². The van der Waals surface area contributed by atoms with Crippen molar-refractivity contribution >= 4 is 53.5 Å². The number of hydrogen-bond donors (Lipinski definition) is 2. The molecule has 1 aliphatic rings. The minimum absolute atomic E-state index is 0. The third-order valence-electron chi connectivity index (χ3n) is 6.86. The molecule has 0 atom stereocenters. The first kappa shape index (κ1) is 30.0. The zero-order chi connectivity index (χ0) is 25.6. The highest BCUT2D eigenvalue weighted by molar-refractivity contribution is 6.00. The maximum absolute atomic E-state index is 10.6. The van der Waals surface area contributed by atoms with Crippen LogP contribution in [0.1, 0.15) is 18.4 Å². The van der Waals surface area contributed by atoms with Gasteiger partial charge in [0.25, 0.3) is 0 Å². The molecule has 2 heterocycles. The second-order valence-electron chi connectivity index (χ2n) is 9.19. The zero-order valence-electron chi connectivity index (χ0n) is 21.9. The lowest BCUT2D eigenvalue weighted by atomic mass is 10.0. The fourth-order valence-corrected chi connectivity index (χ4v) is 4.79. The molecule has 3 aromatic carbocycles. The summed E-state index contributed by atoms with van der Waals surface area (Å²) in [6.45, 7) is 2.87. The van der Waals surface area contributed by atoms with Crippen molar-refractivity contribution in [1.82, 2.24) is 15.1 Å². The largest absolute Gasteiger partial charge is 0.497 e. The predicted octanol–water partition coefficient (Wildman–Crippen LogP) is 5.80. The van der Waals surface area contributed by atoms with E-state index in [4.69, 9.17) is 9.47 Å². The molecule has 206 valence electrons. The number of benzene rings is 3. The SMILES string of the molecule is COc1ccc(-c2nnc(NC3CCN(Cc4ccc(NC=O)cc4)CC3)c3cc(OC)ccc23)cc1.Cl.Cl. The van der Waals surface area contributed by atoms with Crippen molar-refractivity contribution in [3.63, 3.8) is 0 Å². The Morgan fingerprint density at radius 2 is 1.54 bits per heavy atom. The molecule has 10 heteroatoms. The second kappa shape index (κ2) is 14.0. The highest BCUT2D eigenvalue weighted by atomic mass is 35.5. The average molecular weight is 571 g/mol. The van der Waals surface area contributed by atoms with Crippen LogP contribution in [-0.2, 0) is 11.3 Å². The summed E-state index contributed by atoms with van der Waals surface area (Å²) >= 11 is 0. The van der Waals surface area contributed by atoms with E-state index < -0.39 is 0 Å². The van der Waals surface area contributed by atoms with Crippen LogP contribution < -0.4 is 20.1 Å². The maximum Gasteiger partial charge on any atom is 0.211 e. The van der Waals surface area contributed by atoms with Gasteiger partial charge in [-0.2, -0.15) is 0 Å². The van der Waals surface area contributed by atoms with E-state index in [0.29, 0.717) is 12.5 Å². The molecule has 0 saturated carbocycles. The number of hydrogen-bond acceptors (Lipinski definition) is 7. The first-order valence-corrected chi connectivity index (χ1v) is 12.4. The summed E-state index contributed by atoms with van der Waals surface area (Å²) in [7, 11) is 3.34. The summed E-state index contributed by atoms with van der Waals surface area (Å²) in [5.41, 5.74) is 3.86. The van der Waals surface area contributed by atoms with E-state index >= 15 is 0 Å². The van der Waals surface area contributed by atoms with Crippen LogP contribution in [0.5, 0.6) is 11.5 Å². The lowest BCUT2D eigenvalue weighted by molar-refractivity contribution is -0.105. The number of anilines is 2. The highest BCUT2D eigenvalue weighted by Gasteiger charge is 2.21. The van der Waals surface area contributed by atoms with E-state index in [0.717, 1.165) is 77.5 Å². The average Bonchev–Trinajstić information content (AvgIpc) is 2.95. The summed E-state index contributed by atoms with van der Waals surface area (Å²) in [4.78, 5) is 13.1. The number of fused-ring (bicyclic) bond motifs is 1. The van der Waals surface area contributed by atoms with Crippen LogP contribution in [0.25, 0.3) is 22.0 Å². The molecule has 0 spiro atoms. The number of carbonyl (C=O) groups excluding carboxylic acids is 1. The number of likely N-dealkylation sites (tertiary alicyclic amines) is 1. The summed E-state index contributed by atoms with van der Waals surface area (Å²) in [5, 5.41) is 17.6. The number of nitrogens with one attached hydrogen (secondary N) is 2. The fourth-order valence-electron chi connectivity index (χ4n) is 4.79. The Kier molecular flexibility index (Phi) is 10.7. The molecule has 0 unspecified atom stereocenters. The number of amides is 1. The Hall–Kier alpha value is -3.59. The van der Waals surface area contributed by atoms with Gasteiger partial charge in [0.2, 0.25) is 6.41 Å². The monoisotopic (exact) mass is 569 g/mol. The number of ether oxygens (including phenoxy) is 2. The van der Waals surface area contributed by atoms with Gasteiger partial charge in [-0.25, -0.2) is 0 Å². The van der Waals surface area contributed by atoms with E-state index in [1.807, 2.05) is 54.6 Å². The number of halogens is 2. The number of aromatic nitrogens is 2. The lowest BCUT2D eigenvalue weighted by Crippen LogP contribution is -2.38. The Bertz CT molecular complexity index is 1360. The lowest BCUT2D eigenvalue weighted by Gasteiger charge is -2.32. The van der Waals surface area contributed by atoms with E-state index in [1.165, 1.54) is 5.56 Å². The van der Waals surface area contributed by atoms with Gasteiger partial charge in [0.15, 0.2) is 5.82 Å². The second-order valence-corrected chi connectivity index (χ2v) is 9.19. The number of nitrogens with zero attached hydrogens (tertiary/aromatic N) is 3. The molecule has 1 aliphatic heterocycles. The predicted molar refractivity (Wildman–Crippen MR) is 161 cm³/mol. The van der Waals surface area contributed by atoms with Gasteiger partial charge in [-0.15, -0.1) is 35.0 Å².